The van der Waals surface area contributed by atoms with Gasteiger partial charge in [-0.15, -0.1) is 0 Å². The van der Waals surface area contributed by atoms with Gasteiger partial charge < -0.3 is 8.84 Å². The van der Waals surface area contributed by atoms with Gasteiger partial charge in [-0.1, -0.05) is 0 Å². The van der Waals surface area contributed by atoms with Crippen molar-refractivity contribution < 1.29 is 8.84 Å². The summed E-state index contributed by atoms with van der Waals surface area (Å²) in [6.07, 6.45) is 3.93. The van der Waals surface area contributed by atoms with Crippen LogP contribution in [-0.4, -0.2) is 8.32 Å². The summed E-state index contributed by atoms with van der Waals surface area (Å²) in [5.74, 6) is 2.72. The lowest BCUT2D eigenvalue weighted by Crippen LogP contribution is -2.24. The van der Waals surface area contributed by atoms with Gasteiger partial charge in [0.15, 0.2) is 0 Å². The zero-order valence-corrected chi connectivity index (χ0v) is 11.5. The van der Waals surface area contributed by atoms with Crippen molar-refractivity contribution in [1.29, 1.82) is 0 Å². The van der Waals surface area contributed by atoms with Gasteiger partial charge in [0.05, 0.1) is 12.0 Å². The Bertz CT molecular complexity index is 385. The highest BCUT2D eigenvalue weighted by molar-refractivity contribution is 6.70. The van der Waals surface area contributed by atoms with Gasteiger partial charge in [0, 0.05) is 12.3 Å². The Morgan fingerprint density at radius 1 is 1.38 bits per heavy atom. The molecule has 1 aliphatic carbocycles. The van der Waals surface area contributed by atoms with E-state index in [1.54, 1.807) is 6.26 Å². The quantitative estimate of drug-likeness (QED) is 0.731. The van der Waals surface area contributed by atoms with E-state index in [1.807, 2.05) is 6.07 Å². The van der Waals surface area contributed by atoms with Crippen LogP contribution in [0.5, 0.6) is 0 Å². The Morgan fingerprint density at radius 3 is 2.69 bits per heavy atom. The summed E-state index contributed by atoms with van der Waals surface area (Å²) in [7, 11) is -1.47. The summed E-state index contributed by atoms with van der Waals surface area (Å²) in [4.78, 5) is 0. The SMILES string of the molecule is CC1=C(O[Si](C)(C)C)CCC1c1ccco1. The smallest absolute Gasteiger partial charge is 0.241 e. The van der Waals surface area contributed by atoms with Crippen LogP contribution in [-0.2, 0) is 4.43 Å². The van der Waals surface area contributed by atoms with E-state index in [2.05, 4.69) is 32.6 Å². The molecule has 0 saturated heterocycles. The fourth-order valence-corrected chi connectivity index (χ4v) is 3.23. The molecule has 2 rings (SSSR count). The van der Waals surface area contributed by atoms with Crippen LogP contribution in [0, 0.1) is 0 Å². The predicted octanol–water partition coefficient (Wildman–Crippen LogP) is 4.28. The molecule has 1 aromatic rings. The monoisotopic (exact) mass is 236 g/mol. The van der Waals surface area contributed by atoms with E-state index in [9.17, 15) is 0 Å². The maximum Gasteiger partial charge on any atom is 0.241 e. The van der Waals surface area contributed by atoms with Crippen LogP contribution in [0.4, 0.5) is 0 Å². The first-order valence-corrected chi connectivity index (χ1v) is 9.30. The molecule has 0 aromatic carbocycles. The van der Waals surface area contributed by atoms with Gasteiger partial charge >= 0.3 is 0 Å². The fraction of sp³-hybridized carbons (Fsp3) is 0.538. The molecule has 0 spiro atoms. The maximum atomic E-state index is 6.12. The Kier molecular flexibility index (Phi) is 2.97. The van der Waals surface area contributed by atoms with Crippen LogP contribution >= 0.6 is 0 Å². The minimum atomic E-state index is -1.47. The first-order chi connectivity index (χ1) is 7.47. The van der Waals surface area contributed by atoms with Gasteiger partial charge in [-0.25, -0.2) is 0 Å². The number of rotatable bonds is 3. The largest absolute Gasteiger partial charge is 0.547 e. The van der Waals surface area contributed by atoms with Crippen LogP contribution in [0.1, 0.15) is 31.4 Å². The van der Waals surface area contributed by atoms with Crippen molar-refractivity contribution in [1.82, 2.24) is 0 Å². The molecule has 0 saturated carbocycles. The zero-order valence-electron chi connectivity index (χ0n) is 10.5. The molecule has 1 unspecified atom stereocenters. The summed E-state index contributed by atoms with van der Waals surface area (Å²) >= 11 is 0. The number of allylic oxidation sites excluding steroid dienone is 2. The van der Waals surface area contributed by atoms with Crippen molar-refractivity contribution in [3.05, 3.63) is 35.5 Å². The number of hydrogen-bond donors (Lipinski definition) is 0. The molecule has 1 heterocycles. The lowest BCUT2D eigenvalue weighted by atomic mass is 10.0. The normalized spacial score (nSPS) is 21.6. The molecular formula is C13H20O2Si. The van der Waals surface area contributed by atoms with E-state index >= 15 is 0 Å². The molecule has 1 aromatic heterocycles. The topological polar surface area (TPSA) is 22.4 Å². The average molecular weight is 236 g/mol. The minimum Gasteiger partial charge on any atom is -0.547 e. The first kappa shape index (κ1) is 11.5. The standard InChI is InChI=1S/C13H20O2Si/c1-10-11(13-6-5-9-14-13)7-8-12(10)15-16(2,3)4/h5-6,9,11H,7-8H2,1-4H3. The molecular weight excluding hydrogens is 216 g/mol. The number of furan rings is 1. The Balaban J connectivity index is 2.17. The van der Waals surface area contributed by atoms with Crippen molar-refractivity contribution in [2.75, 3.05) is 0 Å². The zero-order chi connectivity index (χ0) is 11.8. The third-order valence-electron chi connectivity index (χ3n) is 2.94. The lowest BCUT2D eigenvalue weighted by molar-refractivity contribution is 0.404. The van der Waals surface area contributed by atoms with Crippen LogP contribution in [0.3, 0.4) is 0 Å². The molecule has 16 heavy (non-hydrogen) atoms. The predicted molar refractivity (Wildman–Crippen MR) is 67.8 cm³/mol. The molecule has 0 amide bonds. The Labute approximate surface area is 98.4 Å². The second-order valence-electron chi connectivity index (χ2n) is 5.43. The van der Waals surface area contributed by atoms with E-state index in [0.29, 0.717) is 5.92 Å². The van der Waals surface area contributed by atoms with Gasteiger partial charge in [-0.2, -0.15) is 0 Å². The molecule has 2 nitrogen and oxygen atoms in total. The third-order valence-corrected chi connectivity index (χ3v) is 3.80. The molecule has 0 bridgehead atoms. The van der Waals surface area contributed by atoms with Crippen LogP contribution in [0.15, 0.2) is 34.1 Å². The second kappa shape index (κ2) is 4.13. The van der Waals surface area contributed by atoms with Crippen LogP contribution in [0.2, 0.25) is 19.6 Å². The first-order valence-electron chi connectivity index (χ1n) is 5.89. The molecule has 1 aliphatic rings. The van der Waals surface area contributed by atoms with Gasteiger partial charge in [-0.05, 0) is 50.7 Å². The van der Waals surface area contributed by atoms with Crippen molar-refractivity contribution in [2.45, 2.75) is 45.3 Å². The number of hydrogen-bond acceptors (Lipinski definition) is 2. The molecule has 0 N–H and O–H groups in total. The van der Waals surface area contributed by atoms with E-state index < -0.39 is 8.32 Å². The van der Waals surface area contributed by atoms with E-state index in [4.69, 9.17) is 8.84 Å². The van der Waals surface area contributed by atoms with Crippen molar-refractivity contribution in [2.24, 2.45) is 0 Å². The minimum absolute atomic E-state index is 0.432. The second-order valence-corrected chi connectivity index (χ2v) is 9.86. The van der Waals surface area contributed by atoms with Gasteiger partial charge in [0.25, 0.3) is 0 Å². The Morgan fingerprint density at radius 2 is 2.12 bits per heavy atom. The third kappa shape index (κ3) is 2.40. The summed E-state index contributed by atoms with van der Waals surface area (Å²) < 4.78 is 11.6. The maximum absolute atomic E-state index is 6.12. The van der Waals surface area contributed by atoms with E-state index in [-0.39, 0.29) is 0 Å². The lowest BCUT2D eigenvalue weighted by Gasteiger charge is -2.21. The molecule has 3 heteroatoms. The van der Waals surface area contributed by atoms with Crippen molar-refractivity contribution in [3.63, 3.8) is 0 Å². The molecule has 0 fully saturated rings. The summed E-state index contributed by atoms with van der Waals surface area (Å²) in [6, 6.07) is 4.02. The van der Waals surface area contributed by atoms with Gasteiger partial charge in [0.2, 0.25) is 8.32 Å². The highest BCUT2D eigenvalue weighted by Crippen LogP contribution is 2.40. The van der Waals surface area contributed by atoms with Crippen molar-refractivity contribution in [3.8, 4) is 0 Å². The Hall–Kier alpha value is -0.963. The summed E-state index contributed by atoms with van der Waals surface area (Å²) in [5.41, 5.74) is 1.36. The van der Waals surface area contributed by atoms with Crippen LogP contribution < -0.4 is 0 Å². The van der Waals surface area contributed by atoms with Crippen molar-refractivity contribution >= 4 is 8.32 Å². The van der Waals surface area contributed by atoms with Crippen LogP contribution in [0.25, 0.3) is 0 Å². The highest BCUT2D eigenvalue weighted by Gasteiger charge is 2.29. The molecule has 0 radical (unpaired) electrons. The average Bonchev–Trinajstić information content (AvgIpc) is 2.75. The van der Waals surface area contributed by atoms with E-state index in [0.717, 1.165) is 18.6 Å². The van der Waals surface area contributed by atoms with Gasteiger partial charge in [0.1, 0.15) is 5.76 Å². The molecule has 1 atom stereocenters. The van der Waals surface area contributed by atoms with Gasteiger partial charge in [-0.3, -0.25) is 0 Å². The summed E-state index contributed by atoms with van der Waals surface area (Å²) in [5, 5.41) is 0. The molecule has 88 valence electrons. The summed E-state index contributed by atoms with van der Waals surface area (Å²) in [6.45, 7) is 8.87. The fourth-order valence-electron chi connectivity index (χ4n) is 2.23. The van der Waals surface area contributed by atoms with E-state index in [1.165, 1.54) is 11.3 Å². The molecule has 0 aliphatic heterocycles. The highest BCUT2D eigenvalue weighted by atomic mass is 28.4.